The van der Waals surface area contributed by atoms with E-state index in [-0.39, 0.29) is 11.3 Å². The van der Waals surface area contributed by atoms with Gasteiger partial charge in [0.2, 0.25) is 0 Å². The van der Waals surface area contributed by atoms with Crippen molar-refractivity contribution < 1.29 is 14.3 Å². The zero-order chi connectivity index (χ0) is 24.0. The second-order valence-electron chi connectivity index (χ2n) is 8.86. The average molecular weight is 473 g/mol. The molecule has 0 spiro atoms. The number of nitrogens with zero attached hydrogens (tertiary/aromatic N) is 1. The van der Waals surface area contributed by atoms with Gasteiger partial charge >= 0.3 is 0 Å². The summed E-state index contributed by atoms with van der Waals surface area (Å²) in [5.74, 6) is 1.44. The average Bonchev–Trinajstić information content (AvgIpc) is 3.16. The molecular weight excluding hydrogens is 444 g/mol. The predicted octanol–water partition coefficient (Wildman–Crippen LogP) is 6.33. The van der Waals surface area contributed by atoms with Crippen LogP contribution >= 0.6 is 11.8 Å². The molecule has 3 aromatic rings. The van der Waals surface area contributed by atoms with Crippen LogP contribution in [0.5, 0.6) is 11.5 Å². The lowest BCUT2D eigenvalue weighted by molar-refractivity contribution is -0.115. The number of thioether (sulfide) groups is 1. The quantitative estimate of drug-likeness (QED) is 0.322. The molecule has 1 heterocycles. The third kappa shape index (κ3) is 6.51. The van der Waals surface area contributed by atoms with Crippen LogP contribution in [0.15, 0.2) is 88.8 Å². The van der Waals surface area contributed by atoms with E-state index in [0.29, 0.717) is 23.3 Å². The van der Waals surface area contributed by atoms with E-state index in [0.717, 1.165) is 22.7 Å². The molecule has 1 saturated heterocycles. The van der Waals surface area contributed by atoms with E-state index in [4.69, 9.17) is 9.47 Å². The van der Waals surface area contributed by atoms with Crippen LogP contribution in [0.4, 0.5) is 5.69 Å². The van der Waals surface area contributed by atoms with Crippen molar-refractivity contribution in [1.29, 1.82) is 0 Å². The summed E-state index contributed by atoms with van der Waals surface area (Å²) < 4.78 is 11.6. The number of aliphatic imine (C=N–C) groups is 1. The second-order valence-corrected chi connectivity index (χ2v) is 9.89. The number of amides is 1. The zero-order valence-electron chi connectivity index (χ0n) is 19.6. The Kier molecular flexibility index (Phi) is 7.38. The number of rotatable bonds is 7. The molecule has 0 saturated carbocycles. The highest BCUT2D eigenvalue weighted by atomic mass is 32.2. The Morgan fingerprint density at radius 1 is 0.853 bits per heavy atom. The first kappa shape index (κ1) is 23.6. The van der Waals surface area contributed by atoms with Gasteiger partial charge in [-0.15, -0.1) is 0 Å². The smallest absolute Gasteiger partial charge is 0.264 e. The van der Waals surface area contributed by atoms with Crippen LogP contribution in [0.1, 0.15) is 31.9 Å². The summed E-state index contributed by atoms with van der Waals surface area (Å²) >= 11 is 1.33. The lowest BCUT2D eigenvalue weighted by Crippen LogP contribution is -2.19. The summed E-state index contributed by atoms with van der Waals surface area (Å²) in [5, 5.41) is 3.39. The molecule has 34 heavy (non-hydrogen) atoms. The minimum absolute atomic E-state index is 0.127. The van der Waals surface area contributed by atoms with Gasteiger partial charge in [-0.05, 0) is 70.8 Å². The number of nitrogens with one attached hydrogen (secondary N) is 1. The Hall–Kier alpha value is -3.51. The van der Waals surface area contributed by atoms with E-state index in [9.17, 15) is 4.79 Å². The predicted molar refractivity (Wildman–Crippen MR) is 140 cm³/mol. The number of hydrogen-bond acceptors (Lipinski definition) is 5. The number of para-hydroxylation sites is 1. The maximum atomic E-state index is 12.3. The Morgan fingerprint density at radius 3 is 2.03 bits per heavy atom. The molecule has 1 fully saturated rings. The molecule has 1 aliphatic heterocycles. The van der Waals surface area contributed by atoms with Crippen molar-refractivity contribution in [2.45, 2.75) is 26.2 Å². The summed E-state index contributed by atoms with van der Waals surface area (Å²) in [4.78, 5) is 17.4. The highest BCUT2D eigenvalue weighted by Gasteiger charge is 2.23. The summed E-state index contributed by atoms with van der Waals surface area (Å²) in [5.41, 5.74) is 3.13. The molecule has 6 heteroatoms. The highest BCUT2D eigenvalue weighted by molar-refractivity contribution is 8.18. The van der Waals surface area contributed by atoms with Gasteiger partial charge < -0.3 is 14.8 Å². The van der Waals surface area contributed by atoms with Crippen LogP contribution in [0.3, 0.4) is 0 Å². The molecule has 0 aliphatic carbocycles. The van der Waals surface area contributed by atoms with Gasteiger partial charge in [-0.3, -0.25) is 4.79 Å². The molecule has 4 rings (SSSR count). The van der Waals surface area contributed by atoms with Crippen LogP contribution in [-0.4, -0.2) is 24.3 Å². The largest absolute Gasteiger partial charge is 0.490 e. The molecule has 1 aliphatic rings. The van der Waals surface area contributed by atoms with Gasteiger partial charge in [0, 0.05) is 0 Å². The fourth-order valence-electron chi connectivity index (χ4n) is 3.28. The number of carbonyl (C=O) groups excluding carboxylic acids is 1. The van der Waals surface area contributed by atoms with Crippen molar-refractivity contribution in [3.05, 3.63) is 94.9 Å². The van der Waals surface area contributed by atoms with Gasteiger partial charge in [0.15, 0.2) is 5.17 Å². The maximum Gasteiger partial charge on any atom is 0.264 e. The lowest BCUT2D eigenvalue weighted by Gasteiger charge is -2.19. The van der Waals surface area contributed by atoms with Gasteiger partial charge in [-0.1, -0.05) is 63.2 Å². The molecule has 5 nitrogen and oxygen atoms in total. The van der Waals surface area contributed by atoms with Gasteiger partial charge in [-0.2, -0.15) is 0 Å². The Morgan fingerprint density at radius 2 is 1.44 bits per heavy atom. The monoisotopic (exact) mass is 472 g/mol. The van der Waals surface area contributed by atoms with Crippen LogP contribution in [0.2, 0.25) is 0 Å². The van der Waals surface area contributed by atoms with Crippen LogP contribution in [0.25, 0.3) is 6.08 Å². The Balaban J connectivity index is 1.27. The molecule has 174 valence electrons. The second kappa shape index (κ2) is 10.6. The third-order valence-corrected chi connectivity index (χ3v) is 6.07. The minimum atomic E-state index is -0.146. The van der Waals surface area contributed by atoms with E-state index >= 15 is 0 Å². The first-order valence-electron chi connectivity index (χ1n) is 11.2. The van der Waals surface area contributed by atoms with Gasteiger partial charge in [0.25, 0.3) is 5.91 Å². The third-order valence-electron chi connectivity index (χ3n) is 5.16. The van der Waals surface area contributed by atoms with Crippen LogP contribution in [0, 0.1) is 0 Å². The summed E-state index contributed by atoms with van der Waals surface area (Å²) in [6, 6.07) is 25.4. The van der Waals surface area contributed by atoms with Crippen LogP contribution < -0.4 is 14.8 Å². The number of benzene rings is 3. The van der Waals surface area contributed by atoms with Crippen molar-refractivity contribution in [2.24, 2.45) is 4.99 Å². The molecule has 0 bridgehead atoms. The molecule has 0 radical (unpaired) electrons. The lowest BCUT2D eigenvalue weighted by atomic mass is 9.87. The van der Waals surface area contributed by atoms with Crippen molar-refractivity contribution in [2.75, 3.05) is 13.2 Å². The topological polar surface area (TPSA) is 59.9 Å². The molecule has 0 atom stereocenters. The van der Waals surface area contributed by atoms with E-state index < -0.39 is 0 Å². The Bertz CT molecular complexity index is 1180. The Labute approximate surface area is 204 Å². The number of carbonyl (C=O) groups is 1. The van der Waals surface area contributed by atoms with Crippen molar-refractivity contribution in [3.8, 4) is 11.5 Å². The van der Waals surface area contributed by atoms with Crippen LogP contribution in [-0.2, 0) is 10.2 Å². The molecular formula is C28H28N2O3S. The summed E-state index contributed by atoms with van der Waals surface area (Å²) in [7, 11) is 0. The molecule has 1 amide bonds. The maximum absolute atomic E-state index is 12.3. The van der Waals surface area contributed by atoms with Gasteiger partial charge in [0.05, 0.1) is 10.6 Å². The fraction of sp³-hybridized carbons (Fsp3) is 0.214. The fourth-order valence-corrected chi connectivity index (χ4v) is 4.12. The van der Waals surface area contributed by atoms with E-state index in [2.05, 4.69) is 43.2 Å². The molecule has 0 aromatic heterocycles. The summed E-state index contributed by atoms with van der Waals surface area (Å²) in [6.07, 6.45) is 1.85. The molecule has 3 aromatic carbocycles. The van der Waals surface area contributed by atoms with Crippen molar-refractivity contribution >= 4 is 34.6 Å². The van der Waals surface area contributed by atoms with E-state index in [1.165, 1.54) is 17.3 Å². The van der Waals surface area contributed by atoms with E-state index in [1.54, 1.807) is 0 Å². The standard InChI is InChI=1S/C28H28N2O3S/c1-28(2,3)21-11-15-24(16-12-21)33-18-17-32-23-13-9-20(10-14-23)19-25-26(31)30-27(34-25)29-22-7-5-4-6-8-22/h4-16,19H,17-18H2,1-3H3,(H,29,30,31)/b25-19+. The highest BCUT2D eigenvalue weighted by Crippen LogP contribution is 2.28. The van der Waals surface area contributed by atoms with E-state index in [1.807, 2.05) is 72.8 Å². The number of amidine groups is 1. The minimum Gasteiger partial charge on any atom is -0.490 e. The zero-order valence-corrected chi connectivity index (χ0v) is 20.4. The number of ether oxygens (including phenoxy) is 2. The van der Waals surface area contributed by atoms with Crippen molar-refractivity contribution in [3.63, 3.8) is 0 Å². The molecule has 1 N–H and O–H groups in total. The first-order valence-corrected chi connectivity index (χ1v) is 12.0. The SMILES string of the molecule is CC(C)(C)c1ccc(OCCOc2ccc(/C=C3/SC(=Nc4ccccc4)NC3=O)cc2)cc1. The van der Waals surface area contributed by atoms with Gasteiger partial charge in [-0.25, -0.2) is 4.99 Å². The molecule has 0 unspecified atom stereocenters. The van der Waals surface area contributed by atoms with Crippen molar-refractivity contribution in [1.82, 2.24) is 5.32 Å². The summed E-state index contributed by atoms with van der Waals surface area (Å²) in [6.45, 7) is 7.48. The number of hydrogen-bond donors (Lipinski definition) is 1. The normalized spacial score (nSPS) is 16.0. The van der Waals surface area contributed by atoms with Gasteiger partial charge in [0.1, 0.15) is 24.7 Å². The first-order chi connectivity index (χ1) is 16.4.